The topological polar surface area (TPSA) is 46.2 Å². The standard InChI is InChI=1S/C4H10FNO/c1-3(7)4(6)2-5/h3-4,7H,2,6H2,1H3/t3-,4-/m1/s1. The van der Waals surface area contributed by atoms with Crippen LogP contribution in [0.5, 0.6) is 0 Å². The molecule has 0 aromatic rings. The molecule has 7 heavy (non-hydrogen) atoms. The van der Waals surface area contributed by atoms with Gasteiger partial charge < -0.3 is 10.8 Å². The average Bonchev–Trinajstić information content (AvgIpc) is 1.65. The zero-order chi connectivity index (χ0) is 5.86. The van der Waals surface area contributed by atoms with E-state index in [0.717, 1.165) is 0 Å². The highest BCUT2D eigenvalue weighted by atomic mass is 19.1. The zero-order valence-electron chi connectivity index (χ0n) is 4.26. The first kappa shape index (κ1) is 6.85. The van der Waals surface area contributed by atoms with Crippen molar-refractivity contribution in [2.45, 2.75) is 19.1 Å². The van der Waals surface area contributed by atoms with Crippen molar-refractivity contribution < 1.29 is 9.50 Å². The van der Waals surface area contributed by atoms with Crippen LogP contribution in [0.3, 0.4) is 0 Å². The van der Waals surface area contributed by atoms with Crippen molar-refractivity contribution in [1.82, 2.24) is 0 Å². The molecule has 0 spiro atoms. The van der Waals surface area contributed by atoms with Crippen LogP contribution in [-0.2, 0) is 0 Å². The van der Waals surface area contributed by atoms with Crippen LogP contribution in [0.2, 0.25) is 0 Å². The van der Waals surface area contributed by atoms with Crippen molar-refractivity contribution in [3.05, 3.63) is 0 Å². The number of alkyl halides is 1. The van der Waals surface area contributed by atoms with Gasteiger partial charge in [-0.25, -0.2) is 4.39 Å². The van der Waals surface area contributed by atoms with Crippen LogP contribution in [0, 0.1) is 0 Å². The van der Waals surface area contributed by atoms with Crippen LogP contribution < -0.4 is 5.73 Å². The molecule has 0 saturated heterocycles. The van der Waals surface area contributed by atoms with E-state index >= 15 is 0 Å². The van der Waals surface area contributed by atoms with Gasteiger partial charge in [0, 0.05) is 0 Å². The van der Waals surface area contributed by atoms with E-state index in [1.807, 2.05) is 0 Å². The summed E-state index contributed by atoms with van der Waals surface area (Å²) < 4.78 is 11.4. The molecule has 2 nitrogen and oxygen atoms in total. The Labute approximate surface area is 42.1 Å². The number of hydrogen-bond acceptors (Lipinski definition) is 2. The van der Waals surface area contributed by atoms with Crippen molar-refractivity contribution >= 4 is 0 Å². The van der Waals surface area contributed by atoms with Crippen LogP contribution in [0.15, 0.2) is 0 Å². The Morgan fingerprint density at radius 2 is 2.29 bits per heavy atom. The molecule has 2 atom stereocenters. The van der Waals surface area contributed by atoms with Crippen LogP contribution in [0.1, 0.15) is 6.92 Å². The predicted octanol–water partition coefficient (Wildman–Crippen LogP) is -0.336. The van der Waals surface area contributed by atoms with Gasteiger partial charge in [0.25, 0.3) is 0 Å². The summed E-state index contributed by atoms with van der Waals surface area (Å²) in [5.74, 6) is 0. The van der Waals surface area contributed by atoms with E-state index in [0.29, 0.717) is 0 Å². The molecular weight excluding hydrogens is 97.0 g/mol. The number of halogens is 1. The maximum absolute atomic E-state index is 11.4. The molecule has 0 rings (SSSR count). The molecule has 0 unspecified atom stereocenters. The Kier molecular flexibility index (Phi) is 2.87. The summed E-state index contributed by atoms with van der Waals surface area (Å²) in [7, 11) is 0. The van der Waals surface area contributed by atoms with Gasteiger partial charge >= 0.3 is 0 Å². The third-order valence-electron chi connectivity index (χ3n) is 0.798. The lowest BCUT2D eigenvalue weighted by Crippen LogP contribution is -2.34. The normalized spacial score (nSPS) is 18.9. The fourth-order valence-corrected chi connectivity index (χ4v) is 0.129. The van der Waals surface area contributed by atoms with Crippen molar-refractivity contribution in [2.75, 3.05) is 6.67 Å². The lowest BCUT2D eigenvalue weighted by Gasteiger charge is -2.07. The van der Waals surface area contributed by atoms with Gasteiger partial charge in [-0.2, -0.15) is 0 Å². The predicted molar refractivity (Wildman–Crippen MR) is 25.6 cm³/mol. The van der Waals surface area contributed by atoms with Gasteiger partial charge in [-0.3, -0.25) is 0 Å². The molecule has 0 heterocycles. The first-order valence-corrected chi connectivity index (χ1v) is 2.18. The Morgan fingerprint density at radius 1 is 1.86 bits per heavy atom. The Hall–Kier alpha value is -0.150. The van der Waals surface area contributed by atoms with Gasteiger partial charge in [0.2, 0.25) is 0 Å². The maximum Gasteiger partial charge on any atom is 0.107 e. The Bertz CT molecular complexity index is 49.0. The molecule has 0 bridgehead atoms. The maximum atomic E-state index is 11.4. The SMILES string of the molecule is C[C@@H](O)[C@H](N)CF. The van der Waals surface area contributed by atoms with Gasteiger partial charge in [0.1, 0.15) is 6.67 Å². The van der Waals surface area contributed by atoms with E-state index in [1.54, 1.807) is 0 Å². The molecule has 0 aliphatic rings. The van der Waals surface area contributed by atoms with E-state index in [4.69, 9.17) is 10.8 Å². The minimum atomic E-state index is -0.731. The highest BCUT2D eigenvalue weighted by Crippen LogP contribution is 1.86. The quantitative estimate of drug-likeness (QED) is 0.507. The smallest absolute Gasteiger partial charge is 0.107 e. The number of hydrogen-bond donors (Lipinski definition) is 2. The Balaban J connectivity index is 3.14. The monoisotopic (exact) mass is 107 g/mol. The molecule has 3 N–H and O–H groups in total. The zero-order valence-corrected chi connectivity index (χ0v) is 4.26. The lowest BCUT2D eigenvalue weighted by atomic mass is 10.2. The second kappa shape index (κ2) is 2.93. The minimum absolute atomic E-state index is 0.655. The lowest BCUT2D eigenvalue weighted by molar-refractivity contribution is 0.149. The molecule has 0 aliphatic heterocycles. The van der Waals surface area contributed by atoms with Crippen LogP contribution in [0.4, 0.5) is 4.39 Å². The molecule has 3 heteroatoms. The van der Waals surface area contributed by atoms with Crippen molar-refractivity contribution in [2.24, 2.45) is 5.73 Å². The largest absolute Gasteiger partial charge is 0.392 e. The highest BCUT2D eigenvalue weighted by Gasteiger charge is 2.06. The van der Waals surface area contributed by atoms with E-state index < -0.39 is 18.8 Å². The molecule has 0 radical (unpaired) electrons. The third-order valence-corrected chi connectivity index (χ3v) is 0.798. The minimum Gasteiger partial charge on any atom is -0.392 e. The van der Waals surface area contributed by atoms with Crippen molar-refractivity contribution in [3.8, 4) is 0 Å². The molecular formula is C4H10FNO. The molecule has 44 valence electrons. The van der Waals surface area contributed by atoms with Crippen molar-refractivity contribution in [3.63, 3.8) is 0 Å². The molecule has 0 aromatic heterocycles. The van der Waals surface area contributed by atoms with E-state index in [2.05, 4.69) is 0 Å². The van der Waals surface area contributed by atoms with E-state index in [9.17, 15) is 4.39 Å². The molecule has 0 aromatic carbocycles. The van der Waals surface area contributed by atoms with Crippen LogP contribution >= 0.6 is 0 Å². The second-order valence-electron chi connectivity index (χ2n) is 1.56. The van der Waals surface area contributed by atoms with E-state index in [1.165, 1.54) is 6.92 Å². The molecule has 0 amide bonds. The molecule has 0 fully saturated rings. The fraction of sp³-hybridized carbons (Fsp3) is 1.00. The number of aliphatic hydroxyl groups excluding tert-OH is 1. The van der Waals surface area contributed by atoms with Gasteiger partial charge in [0.15, 0.2) is 0 Å². The summed E-state index contributed by atoms with van der Waals surface area (Å²) in [5, 5.41) is 8.46. The van der Waals surface area contributed by atoms with Gasteiger partial charge in [-0.1, -0.05) is 0 Å². The summed E-state index contributed by atoms with van der Waals surface area (Å²) >= 11 is 0. The molecule has 0 saturated carbocycles. The van der Waals surface area contributed by atoms with Crippen LogP contribution in [-0.4, -0.2) is 23.9 Å². The summed E-state index contributed by atoms with van der Waals surface area (Å²) in [6.45, 7) is 0.807. The fourth-order valence-electron chi connectivity index (χ4n) is 0.129. The van der Waals surface area contributed by atoms with Gasteiger partial charge in [0.05, 0.1) is 12.1 Å². The second-order valence-corrected chi connectivity index (χ2v) is 1.56. The van der Waals surface area contributed by atoms with Crippen LogP contribution in [0.25, 0.3) is 0 Å². The van der Waals surface area contributed by atoms with Crippen molar-refractivity contribution in [1.29, 1.82) is 0 Å². The van der Waals surface area contributed by atoms with E-state index in [-0.39, 0.29) is 0 Å². The first-order valence-electron chi connectivity index (χ1n) is 2.18. The first-order chi connectivity index (χ1) is 3.18. The number of aliphatic hydroxyl groups is 1. The Morgan fingerprint density at radius 3 is 2.29 bits per heavy atom. The summed E-state index contributed by atoms with van der Waals surface area (Å²) in [5.41, 5.74) is 4.99. The number of nitrogens with two attached hydrogens (primary N) is 1. The number of rotatable bonds is 2. The average molecular weight is 107 g/mol. The van der Waals surface area contributed by atoms with Gasteiger partial charge in [-0.05, 0) is 6.92 Å². The summed E-state index contributed by atoms with van der Waals surface area (Å²) in [4.78, 5) is 0. The molecule has 0 aliphatic carbocycles. The summed E-state index contributed by atoms with van der Waals surface area (Å²) in [6.07, 6.45) is -0.731. The highest BCUT2D eigenvalue weighted by molar-refractivity contribution is 4.64. The van der Waals surface area contributed by atoms with Gasteiger partial charge in [-0.15, -0.1) is 0 Å². The third kappa shape index (κ3) is 2.53. The summed E-state index contributed by atoms with van der Waals surface area (Å²) in [6, 6.07) is -0.708.